The second kappa shape index (κ2) is 5.44. The normalized spacial score (nSPS) is 10.4. The van der Waals surface area contributed by atoms with Gasteiger partial charge in [0, 0.05) is 11.5 Å². The van der Waals surface area contributed by atoms with Gasteiger partial charge in [-0.05, 0) is 31.2 Å². The van der Waals surface area contributed by atoms with Crippen molar-refractivity contribution in [2.45, 2.75) is 13.5 Å². The van der Waals surface area contributed by atoms with E-state index in [4.69, 9.17) is 4.74 Å². The van der Waals surface area contributed by atoms with Crippen LogP contribution in [0.1, 0.15) is 11.4 Å². The summed E-state index contributed by atoms with van der Waals surface area (Å²) in [5, 5.41) is 7.68. The molecule has 4 nitrogen and oxygen atoms in total. The molecule has 1 heterocycles. The minimum absolute atomic E-state index is 0.712. The zero-order valence-corrected chi connectivity index (χ0v) is 12.3. The molecule has 0 fully saturated rings. The Balaban J connectivity index is 2.14. The second-order valence-electron chi connectivity index (χ2n) is 4.10. The number of methoxy groups -OCH3 is 1. The summed E-state index contributed by atoms with van der Waals surface area (Å²) in [6.07, 6.45) is 0. The Labute approximate surface area is 115 Å². The lowest BCUT2D eigenvalue weighted by molar-refractivity contribution is 0.416. The van der Waals surface area contributed by atoms with Gasteiger partial charge in [0.2, 0.25) is 0 Å². The number of rotatable bonds is 4. The van der Waals surface area contributed by atoms with Gasteiger partial charge in [0.1, 0.15) is 5.75 Å². The number of ether oxygens (including phenoxy) is 1. The van der Waals surface area contributed by atoms with Gasteiger partial charge in [-0.3, -0.25) is 4.68 Å². The molecule has 0 saturated heterocycles. The standard InChI is InChI=1S/C13H16BrN3O/c1-9-6-11(17(2)16-9)8-15-12-7-10(14)4-5-13(12)18-3/h4-7,15H,8H2,1-3H3. The van der Waals surface area contributed by atoms with Crippen molar-refractivity contribution in [3.63, 3.8) is 0 Å². The maximum Gasteiger partial charge on any atom is 0.142 e. The minimum atomic E-state index is 0.712. The van der Waals surface area contributed by atoms with Gasteiger partial charge in [0.25, 0.3) is 0 Å². The third kappa shape index (κ3) is 2.85. The van der Waals surface area contributed by atoms with E-state index >= 15 is 0 Å². The zero-order chi connectivity index (χ0) is 13.1. The first-order chi connectivity index (χ1) is 8.60. The van der Waals surface area contributed by atoms with Crippen LogP contribution in [0.15, 0.2) is 28.7 Å². The quantitative estimate of drug-likeness (QED) is 0.943. The third-order valence-corrected chi connectivity index (χ3v) is 3.21. The van der Waals surface area contributed by atoms with Crippen LogP contribution in [0, 0.1) is 6.92 Å². The van der Waals surface area contributed by atoms with Gasteiger partial charge >= 0.3 is 0 Å². The molecule has 0 spiro atoms. The first kappa shape index (κ1) is 13.0. The van der Waals surface area contributed by atoms with Crippen molar-refractivity contribution >= 4 is 21.6 Å². The summed E-state index contributed by atoms with van der Waals surface area (Å²) in [6, 6.07) is 7.96. The molecule has 0 aliphatic carbocycles. The SMILES string of the molecule is COc1ccc(Br)cc1NCc1cc(C)nn1C. The highest BCUT2D eigenvalue weighted by molar-refractivity contribution is 9.10. The molecule has 1 aromatic heterocycles. The molecule has 0 aliphatic rings. The van der Waals surface area contributed by atoms with E-state index < -0.39 is 0 Å². The molecular formula is C13H16BrN3O. The smallest absolute Gasteiger partial charge is 0.142 e. The Hall–Kier alpha value is -1.49. The molecule has 5 heteroatoms. The van der Waals surface area contributed by atoms with Crippen molar-refractivity contribution in [1.82, 2.24) is 9.78 Å². The van der Waals surface area contributed by atoms with Crippen molar-refractivity contribution in [1.29, 1.82) is 0 Å². The molecule has 0 amide bonds. The maximum absolute atomic E-state index is 5.32. The molecule has 2 rings (SSSR count). The lowest BCUT2D eigenvalue weighted by Gasteiger charge is -2.11. The molecule has 0 atom stereocenters. The third-order valence-electron chi connectivity index (χ3n) is 2.72. The number of anilines is 1. The average molecular weight is 310 g/mol. The zero-order valence-electron chi connectivity index (χ0n) is 10.7. The van der Waals surface area contributed by atoms with Gasteiger partial charge in [0.05, 0.1) is 30.7 Å². The molecule has 0 saturated carbocycles. The molecule has 1 N–H and O–H groups in total. The predicted molar refractivity (Wildman–Crippen MR) is 76.0 cm³/mol. The van der Waals surface area contributed by atoms with Gasteiger partial charge in [-0.25, -0.2) is 0 Å². The van der Waals surface area contributed by atoms with Crippen LogP contribution in [-0.4, -0.2) is 16.9 Å². The Kier molecular flexibility index (Phi) is 3.91. The lowest BCUT2D eigenvalue weighted by Crippen LogP contribution is -2.06. The number of aromatic nitrogens is 2. The van der Waals surface area contributed by atoms with Gasteiger partial charge < -0.3 is 10.1 Å². The summed E-state index contributed by atoms with van der Waals surface area (Å²) in [4.78, 5) is 0. The summed E-state index contributed by atoms with van der Waals surface area (Å²) >= 11 is 3.46. The molecule has 0 bridgehead atoms. The predicted octanol–water partition coefficient (Wildman–Crippen LogP) is 3.11. The van der Waals surface area contributed by atoms with E-state index in [1.54, 1.807) is 7.11 Å². The van der Waals surface area contributed by atoms with Gasteiger partial charge in [-0.1, -0.05) is 15.9 Å². The first-order valence-electron chi connectivity index (χ1n) is 5.67. The van der Waals surface area contributed by atoms with Crippen LogP contribution in [0.25, 0.3) is 0 Å². The van der Waals surface area contributed by atoms with Crippen LogP contribution in [0.5, 0.6) is 5.75 Å². The summed E-state index contributed by atoms with van der Waals surface area (Å²) in [5.41, 5.74) is 3.12. The van der Waals surface area contributed by atoms with Crippen LogP contribution in [0.2, 0.25) is 0 Å². The largest absolute Gasteiger partial charge is 0.495 e. The molecule has 1 aromatic carbocycles. The monoisotopic (exact) mass is 309 g/mol. The van der Waals surface area contributed by atoms with E-state index in [9.17, 15) is 0 Å². The fourth-order valence-corrected chi connectivity index (χ4v) is 2.19. The van der Waals surface area contributed by atoms with E-state index in [2.05, 4.69) is 32.4 Å². The van der Waals surface area contributed by atoms with Crippen molar-refractivity contribution in [2.75, 3.05) is 12.4 Å². The van der Waals surface area contributed by atoms with E-state index in [-0.39, 0.29) is 0 Å². The number of aryl methyl sites for hydroxylation is 2. The average Bonchev–Trinajstić information content (AvgIpc) is 2.65. The molecule has 96 valence electrons. The number of benzene rings is 1. The van der Waals surface area contributed by atoms with Crippen LogP contribution >= 0.6 is 15.9 Å². The summed E-state index contributed by atoms with van der Waals surface area (Å²) < 4.78 is 8.22. The van der Waals surface area contributed by atoms with Gasteiger partial charge in [-0.2, -0.15) is 5.10 Å². The Morgan fingerprint density at radius 2 is 2.17 bits per heavy atom. The Morgan fingerprint density at radius 3 is 2.78 bits per heavy atom. The minimum Gasteiger partial charge on any atom is -0.495 e. The number of halogens is 1. The van der Waals surface area contributed by atoms with Crippen molar-refractivity contribution in [3.05, 3.63) is 40.1 Å². The molecule has 0 aliphatic heterocycles. The van der Waals surface area contributed by atoms with Gasteiger partial charge in [-0.15, -0.1) is 0 Å². The van der Waals surface area contributed by atoms with Crippen molar-refractivity contribution in [2.24, 2.45) is 7.05 Å². The van der Waals surface area contributed by atoms with Gasteiger partial charge in [0.15, 0.2) is 0 Å². The Morgan fingerprint density at radius 1 is 1.39 bits per heavy atom. The molecular weight excluding hydrogens is 294 g/mol. The highest BCUT2D eigenvalue weighted by atomic mass is 79.9. The maximum atomic E-state index is 5.32. The number of hydrogen-bond donors (Lipinski definition) is 1. The van der Waals surface area contributed by atoms with Crippen molar-refractivity contribution in [3.8, 4) is 5.75 Å². The van der Waals surface area contributed by atoms with Crippen LogP contribution in [0.4, 0.5) is 5.69 Å². The number of nitrogens with one attached hydrogen (secondary N) is 1. The highest BCUT2D eigenvalue weighted by Gasteiger charge is 2.06. The lowest BCUT2D eigenvalue weighted by atomic mass is 10.3. The van der Waals surface area contributed by atoms with E-state index in [0.29, 0.717) is 6.54 Å². The fraction of sp³-hybridized carbons (Fsp3) is 0.308. The van der Waals surface area contributed by atoms with Crippen molar-refractivity contribution < 1.29 is 4.74 Å². The topological polar surface area (TPSA) is 39.1 Å². The Bertz CT molecular complexity index is 551. The summed E-state index contributed by atoms with van der Waals surface area (Å²) in [5.74, 6) is 0.831. The molecule has 18 heavy (non-hydrogen) atoms. The molecule has 0 radical (unpaired) electrons. The number of nitrogens with zero attached hydrogens (tertiary/aromatic N) is 2. The molecule has 2 aromatic rings. The summed E-state index contributed by atoms with van der Waals surface area (Å²) in [7, 11) is 3.62. The second-order valence-corrected chi connectivity index (χ2v) is 5.01. The fourth-order valence-electron chi connectivity index (χ4n) is 1.83. The highest BCUT2D eigenvalue weighted by Crippen LogP contribution is 2.28. The summed E-state index contributed by atoms with van der Waals surface area (Å²) in [6.45, 7) is 2.70. The van der Waals surface area contributed by atoms with E-state index in [1.165, 1.54) is 0 Å². The van der Waals surface area contributed by atoms with E-state index in [1.807, 2.05) is 36.9 Å². The number of hydrogen-bond acceptors (Lipinski definition) is 3. The molecule has 0 unspecified atom stereocenters. The van der Waals surface area contributed by atoms with E-state index in [0.717, 1.165) is 27.3 Å². The van der Waals surface area contributed by atoms with Crippen LogP contribution in [-0.2, 0) is 13.6 Å². The first-order valence-corrected chi connectivity index (χ1v) is 6.46. The van der Waals surface area contributed by atoms with Crippen LogP contribution < -0.4 is 10.1 Å². The van der Waals surface area contributed by atoms with Crippen LogP contribution in [0.3, 0.4) is 0 Å².